The van der Waals surface area contributed by atoms with Gasteiger partial charge in [0.15, 0.2) is 10.9 Å². The number of aromatic nitrogens is 3. The third-order valence-corrected chi connectivity index (χ3v) is 4.11. The van der Waals surface area contributed by atoms with Crippen LogP contribution in [-0.2, 0) is 12.8 Å². The molecule has 108 valence electrons. The van der Waals surface area contributed by atoms with E-state index in [1.807, 2.05) is 31.3 Å². The number of para-hydroxylation sites is 1. The minimum atomic E-state index is -0.445. The molecule has 0 saturated carbocycles. The first-order valence-corrected chi connectivity index (χ1v) is 7.17. The highest BCUT2D eigenvalue weighted by Gasteiger charge is 2.20. The molecule has 0 spiro atoms. The molecule has 21 heavy (non-hydrogen) atoms. The number of nitrogens with two attached hydrogens (primary N) is 1. The smallest absolute Gasteiger partial charge is 0.301 e. The second-order valence-electron chi connectivity index (χ2n) is 4.33. The SMILES string of the molecule is Cn1ncnc1SCc1c(C(=O)NN)oc2ccccc12. The lowest BCUT2D eigenvalue weighted by Crippen LogP contribution is -2.30. The molecule has 0 saturated heterocycles. The molecule has 7 nitrogen and oxygen atoms in total. The Balaban J connectivity index is 1.99. The number of thioether (sulfide) groups is 1. The summed E-state index contributed by atoms with van der Waals surface area (Å²) in [6.07, 6.45) is 1.49. The van der Waals surface area contributed by atoms with Crippen LogP contribution in [0.3, 0.4) is 0 Å². The largest absolute Gasteiger partial charge is 0.451 e. The number of nitrogens with zero attached hydrogens (tertiary/aromatic N) is 3. The fourth-order valence-electron chi connectivity index (χ4n) is 2.04. The molecule has 0 bridgehead atoms. The maximum Gasteiger partial charge on any atom is 0.301 e. The van der Waals surface area contributed by atoms with Gasteiger partial charge in [-0.15, -0.1) is 0 Å². The molecule has 0 fully saturated rings. The summed E-state index contributed by atoms with van der Waals surface area (Å²) in [6, 6.07) is 7.49. The molecule has 0 radical (unpaired) electrons. The fraction of sp³-hybridized carbons (Fsp3) is 0.154. The van der Waals surface area contributed by atoms with Gasteiger partial charge >= 0.3 is 5.91 Å². The minimum absolute atomic E-state index is 0.230. The van der Waals surface area contributed by atoms with Crippen molar-refractivity contribution in [3.8, 4) is 0 Å². The van der Waals surface area contributed by atoms with E-state index in [0.29, 0.717) is 11.3 Å². The van der Waals surface area contributed by atoms with E-state index >= 15 is 0 Å². The maximum atomic E-state index is 11.9. The van der Waals surface area contributed by atoms with Crippen molar-refractivity contribution in [3.63, 3.8) is 0 Å². The molecule has 1 aromatic carbocycles. The van der Waals surface area contributed by atoms with Gasteiger partial charge in [0, 0.05) is 23.8 Å². The summed E-state index contributed by atoms with van der Waals surface area (Å²) in [5, 5.41) is 5.67. The van der Waals surface area contributed by atoms with Crippen LogP contribution in [-0.4, -0.2) is 20.7 Å². The molecule has 3 aromatic rings. The van der Waals surface area contributed by atoms with Crippen LogP contribution in [0, 0.1) is 0 Å². The average molecular weight is 303 g/mol. The molecule has 0 unspecified atom stereocenters. The van der Waals surface area contributed by atoms with Crippen LogP contribution in [0.2, 0.25) is 0 Å². The number of carbonyl (C=O) groups excluding carboxylic acids is 1. The number of carbonyl (C=O) groups is 1. The van der Waals surface area contributed by atoms with Gasteiger partial charge in [-0.3, -0.25) is 10.2 Å². The topological polar surface area (TPSA) is 99.0 Å². The lowest BCUT2D eigenvalue weighted by Gasteiger charge is -2.02. The summed E-state index contributed by atoms with van der Waals surface area (Å²) in [6.45, 7) is 0. The first-order valence-electron chi connectivity index (χ1n) is 6.19. The molecule has 0 aliphatic rings. The summed E-state index contributed by atoms with van der Waals surface area (Å²) in [4.78, 5) is 16.0. The highest BCUT2D eigenvalue weighted by Crippen LogP contribution is 2.31. The molecule has 0 aliphatic carbocycles. The number of nitrogen functional groups attached to an aromatic ring is 1. The number of aryl methyl sites for hydroxylation is 1. The van der Waals surface area contributed by atoms with Crippen LogP contribution in [0.1, 0.15) is 16.1 Å². The summed E-state index contributed by atoms with van der Waals surface area (Å²) < 4.78 is 7.28. The van der Waals surface area contributed by atoms with Gasteiger partial charge in [0.25, 0.3) is 0 Å². The Hall–Kier alpha value is -2.32. The Morgan fingerprint density at radius 2 is 2.29 bits per heavy atom. The number of hydrazine groups is 1. The van der Waals surface area contributed by atoms with Gasteiger partial charge in [-0.1, -0.05) is 30.0 Å². The number of amides is 1. The van der Waals surface area contributed by atoms with E-state index in [1.165, 1.54) is 18.1 Å². The number of rotatable bonds is 4. The standard InChI is InChI=1S/C13H13N5O2S/c1-18-13(15-7-16-18)21-6-9-8-4-2-3-5-10(8)20-11(9)12(19)17-14/h2-5,7H,6,14H2,1H3,(H,17,19). The molecular weight excluding hydrogens is 290 g/mol. The average Bonchev–Trinajstić information content (AvgIpc) is 3.08. The van der Waals surface area contributed by atoms with Crippen LogP contribution in [0.4, 0.5) is 0 Å². The van der Waals surface area contributed by atoms with Crippen molar-refractivity contribution in [2.24, 2.45) is 12.9 Å². The second-order valence-corrected chi connectivity index (χ2v) is 5.28. The van der Waals surface area contributed by atoms with E-state index < -0.39 is 5.91 Å². The van der Waals surface area contributed by atoms with Gasteiger partial charge in [-0.05, 0) is 6.07 Å². The highest BCUT2D eigenvalue weighted by molar-refractivity contribution is 7.98. The monoisotopic (exact) mass is 303 g/mol. The van der Waals surface area contributed by atoms with Crippen molar-refractivity contribution in [1.82, 2.24) is 20.2 Å². The molecular formula is C13H13N5O2S. The van der Waals surface area contributed by atoms with Gasteiger partial charge < -0.3 is 4.42 Å². The third kappa shape index (κ3) is 2.50. The number of furan rings is 1. The van der Waals surface area contributed by atoms with Gasteiger partial charge in [-0.2, -0.15) is 5.10 Å². The first-order chi connectivity index (χ1) is 10.2. The summed E-state index contributed by atoms with van der Waals surface area (Å²) >= 11 is 1.48. The number of fused-ring (bicyclic) bond motifs is 1. The zero-order valence-corrected chi connectivity index (χ0v) is 12.1. The molecule has 0 atom stereocenters. The Bertz CT molecular complexity index is 795. The quantitative estimate of drug-likeness (QED) is 0.328. The zero-order valence-electron chi connectivity index (χ0n) is 11.2. The van der Waals surface area contributed by atoms with Crippen molar-refractivity contribution >= 4 is 28.6 Å². The summed E-state index contributed by atoms with van der Waals surface area (Å²) in [5.41, 5.74) is 3.56. The van der Waals surface area contributed by atoms with Crippen LogP contribution in [0.15, 0.2) is 40.2 Å². The number of benzene rings is 1. The Morgan fingerprint density at radius 3 is 3.00 bits per heavy atom. The number of hydrogen-bond donors (Lipinski definition) is 2. The van der Waals surface area contributed by atoms with Gasteiger partial charge in [-0.25, -0.2) is 15.5 Å². The first kappa shape index (κ1) is 13.7. The molecule has 0 aliphatic heterocycles. The van der Waals surface area contributed by atoms with E-state index in [2.05, 4.69) is 15.5 Å². The van der Waals surface area contributed by atoms with Crippen LogP contribution < -0.4 is 11.3 Å². The van der Waals surface area contributed by atoms with Gasteiger partial charge in [0.2, 0.25) is 0 Å². The van der Waals surface area contributed by atoms with Gasteiger partial charge in [0.05, 0.1) is 0 Å². The molecule has 3 rings (SSSR count). The van der Waals surface area contributed by atoms with Crippen molar-refractivity contribution in [2.75, 3.05) is 0 Å². The summed E-state index contributed by atoms with van der Waals surface area (Å²) in [7, 11) is 1.82. The normalized spacial score (nSPS) is 11.0. The highest BCUT2D eigenvalue weighted by atomic mass is 32.2. The Labute approximate surface area is 124 Å². The van der Waals surface area contributed by atoms with Crippen LogP contribution in [0.25, 0.3) is 11.0 Å². The third-order valence-electron chi connectivity index (χ3n) is 3.05. The fourth-order valence-corrected chi connectivity index (χ4v) is 2.96. The van der Waals surface area contributed by atoms with E-state index in [0.717, 1.165) is 16.1 Å². The molecule has 2 aromatic heterocycles. The van der Waals surface area contributed by atoms with Gasteiger partial charge in [0.1, 0.15) is 11.9 Å². The maximum absolute atomic E-state index is 11.9. The molecule has 2 heterocycles. The minimum Gasteiger partial charge on any atom is -0.451 e. The second kappa shape index (κ2) is 5.58. The lowest BCUT2D eigenvalue weighted by molar-refractivity contribution is 0.0927. The van der Waals surface area contributed by atoms with E-state index in [-0.39, 0.29) is 5.76 Å². The van der Waals surface area contributed by atoms with Crippen molar-refractivity contribution in [2.45, 2.75) is 10.9 Å². The van der Waals surface area contributed by atoms with Crippen molar-refractivity contribution < 1.29 is 9.21 Å². The number of hydrogen-bond acceptors (Lipinski definition) is 6. The predicted octanol–water partition coefficient (Wildman–Crippen LogP) is 1.46. The van der Waals surface area contributed by atoms with E-state index in [1.54, 1.807) is 4.68 Å². The van der Waals surface area contributed by atoms with Crippen molar-refractivity contribution in [3.05, 3.63) is 41.9 Å². The number of nitrogens with one attached hydrogen (secondary N) is 1. The van der Waals surface area contributed by atoms with E-state index in [4.69, 9.17) is 10.3 Å². The molecule has 1 amide bonds. The summed E-state index contributed by atoms with van der Waals surface area (Å²) in [5.74, 6) is 5.54. The van der Waals surface area contributed by atoms with Crippen molar-refractivity contribution in [1.29, 1.82) is 0 Å². The van der Waals surface area contributed by atoms with Crippen LogP contribution >= 0.6 is 11.8 Å². The lowest BCUT2D eigenvalue weighted by atomic mass is 10.1. The Kier molecular flexibility index (Phi) is 3.63. The molecule has 3 N–H and O–H groups in total. The van der Waals surface area contributed by atoms with E-state index in [9.17, 15) is 4.79 Å². The zero-order chi connectivity index (χ0) is 14.8. The molecule has 8 heteroatoms. The Morgan fingerprint density at radius 1 is 1.48 bits per heavy atom. The van der Waals surface area contributed by atoms with Crippen LogP contribution in [0.5, 0.6) is 0 Å². The predicted molar refractivity (Wildman–Crippen MR) is 78.4 cm³/mol.